The van der Waals surface area contributed by atoms with Crippen molar-refractivity contribution in [2.24, 2.45) is 0 Å². The largest absolute Gasteiger partial charge is 0.309 e. The normalized spacial score (nSPS) is 12.2. The number of hydrogen-bond donors (Lipinski definition) is 0. The molecule has 0 saturated carbocycles. The molecular weight excluding hydrogens is 495 g/mol. The number of rotatable bonds is 3. The van der Waals surface area contributed by atoms with E-state index >= 15 is 4.57 Å². The average molecular weight is 519 g/mol. The van der Waals surface area contributed by atoms with E-state index in [2.05, 4.69) is 71.1 Å². The van der Waals surface area contributed by atoms with Gasteiger partial charge in [-0.25, -0.2) is 4.98 Å². The van der Waals surface area contributed by atoms with Gasteiger partial charge in [-0.05, 0) is 41.1 Å². The molecule has 0 aliphatic carbocycles. The van der Waals surface area contributed by atoms with Gasteiger partial charge in [-0.1, -0.05) is 109 Å². The fraction of sp³-hybridized carbons (Fsp3) is 0. The molecule has 0 aliphatic heterocycles. The van der Waals surface area contributed by atoms with E-state index in [4.69, 9.17) is 4.98 Å². The van der Waals surface area contributed by atoms with Crippen molar-refractivity contribution >= 4 is 72.2 Å². The molecule has 0 aliphatic rings. The summed E-state index contributed by atoms with van der Waals surface area (Å²) in [5.41, 5.74) is 4.12. The fourth-order valence-electron chi connectivity index (χ4n) is 6.03. The molecule has 39 heavy (non-hydrogen) atoms. The van der Waals surface area contributed by atoms with Gasteiger partial charge in [0.15, 0.2) is 7.14 Å². The van der Waals surface area contributed by atoms with E-state index in [0.29, 0.717) is 0 Å². The van der Waals surface area contributed by atoms with Crippen LogP contribution in [0.3, 0.4) is 0 Å². The molecule has 8 aromatic rings. The van der Waals surface area contributed by atoms with Gasteiger partial charge in [0.05, 0.1) is 16.6 Å². The topological polar surface area (TPSA) is 34.4 Å². The van der Waals surface area contributed by atoms with Crippen LogP contribution in [0.15, 0.2) is 140 Å². The molecule has 0 atom stereocenters. The van der Waals surface area contributed by atoms with Crippen molar-refractivity contribution in [1.82, 2.24) is 9.38 Å². The van der Waals surface area contributed by atoms with Gasteiger partial charge in [-0.3, -0.25) is 4.40 Å². The van der Waals surface area contributed by atoms with Gasteiger partial charge in [-0.2, -0.15) is 0 Å². The molecule has 0 amide bonds. The first-order chi connectivity index (χ1) is 19.2. The molecule has 0 spiro atoms. The Bertz CT molecular complexity index is 2210. The molecule has 2 heterocycles. The second kappa shape index (κ2) is 8.39. The lowest BCUT2D eigenvalue weighted by atomic mass is 9.99. The third kappa shape index (κ3) is 3.17. The maximum absolute atomic E-state index is 15.2. The van der Waals surface area contributed by atoms with E-state index in [1.54, 1.807) is 0 Å². The van der Waals surface area contributed by atoms with Gasteiger partial charge in [-0.15, -0.1) is 0 Å². The average Bonchev–Trinajstić information content (AvgIpc) is 3.41. The number of benzene rings is 6. The van der Waals surface area contributed by atoms with Crippen LogP contribution in [-0.2, 0) is 4.57 Å². The number of fused-ring (bicyclic) bond motifs is 10. The molecule has 184 valence electrons. The summed E-state index contributed by atoms with van der Waals surface area (Å²) < 4.78 is 17.4. The second-order valence-corrected chi connectivity index (χ2v) is 12.7. The zero-order chi connectivity index (χ0) is 26.0. The van der Waals surface area contributed by atoms with Crippen molar-refractivity contribution in [3.63, 3.8) is 0 Å². The second-order valence-electron chi connectivity index (χ2n) is 9.95. The summed E-state index contributed by atoms with van der Waals surface area (Å²) in [4.78, 5) is 5.07. The van der Waals surface area contributed by atoms with Crippen LogP contribution in [0.5, 0.6) is 0 Å². The predicted molar refractivity (Wildman–Crippen MR) is 165 cm³/mol. The Morgan fingerprint density at radius 1 is 0.513 bits per heavy atom. The monoisotopic (exact) mass is 518 g/mol. The summed E-state index contributed by atoms with van der Waals surface area (Å²) in [6.07, 6.45) is 0. The van der Waals surface area contributed by atoms with Crippen molar-refractivity contribution < 1.29 is 4.57 Å². The zero-order valence-corrected chi connectivity index (χ0v) is 21.9. The maximum Gasteiger partial charge on any atom is 0.171 e. The molecule has 3 nitrogen and oxygen atoms in total. The molecule has 4 heteroatoms. The summed E-state index contributed by atoms with van der Waals surface area (Å²) in [5.74, 6) is 0. The summed E-state index contributed by atoms with van der Waals surface area (Å²) in [7, 11) is -3.11. The van der Waals surface area contributed by atoms with Crippen LogP contribution < -0.4 is 15.9 Å². The quantitative estimate of drug-likeness (QED) is 0.178. The Hall–Kier alpha value is -4.72. The number of hydrogen-bond acceptors (Lipinski definition) is 2. The molecule has 0 bridgehead atoms. The molecule has 2 aromatic heterocycles. The van der Waals surface area contributed by atoms with Crippen molar-refractivity contribution in [2.75, 3.05) is 0 Å². The van der Waals surface area contributed by atoms with Crippen LogP contribution in [0, 0.1) is 0 Å². The van der Waals surface area contributed by atoms with Crippen LogP contribution in [0.4, 0.5) is 0 Å². The minimum absolute atomic E-state index is 0.831. The van der Waals surface area contributed by atoms with E-state index in [0.717, 1.165) is 65.0 Å². The van der Waals surface area contributed by atoms with Crippen LogP contribution >= 0.6 is 7.14 Å². The molecule has 0 N–H and O–H groups in total. The minimum atomic E-state index is -3.11. The van der Waals surface area contributed by atoms with Gasteiger partial charge in [0, 0.05) is 32.1 Å². The standard InChI is InChI=1S/C35H23N2OP/c38-39(25-11-3-1-4-12-25,26-13-5-2-6-14-26)27-21-19-24-20-22-29-34(30(24)23-27)28-15-7-9-17-32(28)37-33-18-10-8-16-31(33)36-35(29)37/h1-23H. The van der Waals surface area contributed by atoms with Crippen molar-refractivity contribution in [2.45, 2.75) is 0 Å². The van der Waals surface area contributed by atoms with Gasteiger partial charge >= 0.3 is 0 Å². The molecule has 0 saturated heterocycles. The summed E-state index contributed by atoms with van der Waals surface area (Å²) in [5, 5.41) is 8.08. The highest BCUT2D eigenvalue weighted by Gasteiger charge is 2.30. The first kappa shape index (κ1) is 22.3. The van der Waals surface area contributed by atoms with Crippen LogP contribution in [0.25, 0.3) is 49.1 Å². The SMILES string of the molecule is O=P(c1ccccc1)(c1ccccc1)c1ccc2ccc3c(c2c1)c1ccccc1n1c2ccccc2nc31. The predicted octanol–water partition coefficient (Wildman–Crippen LogP) is 7.59. The molecule has 0 fully saturated rings. The third-order valence-corrected chi connectivity index (χ3v) is 10.9. The number of aromatic nitrogens is 2. The zero-order valence-electron chi connectivity index (χ0n) is 21.0. The maximum atomic E-state index is 15.2. The Balaban J connectivity index is 1.53. The van der Waals surface area contributed by atoms with Gasteiger partial charge in [0.25, 0.3) is 0 Å². The highest BCUT2D eigenvalue weighted by molar-refractivity contribution is 7.85. The third-order valence-electron chi connectivity index (χ3n) is 7.82. The molecule has 0 radical (unpaired) electrons. The highest BCUT2D eigenvalue weighted by atomic mass is 31.2. The van der Waals surface area contributed by atoms with E-state index in [-0.39, 0.29) is 0 Å². The smallest absolute Gasteiger partial charge is 0.171 e. The van der Waals surface area contributed by atoms with Gasteiger partial charge < -0.3 is 4.57 Å². The van der Waals surface area contributed by atoms with Gasteiger partial charge in [0.1, 0.15) is 5.65 Å². The molecular formula is C35H23N2OP. The van der Waals surface area contributed by atoms with Crippen LogP contribution in [0.2, 0.25) is 0 Å². The summed E-state index contributed by atoms with van der Waals surface area (Å²) >= 11 is 0. The molecule has 0 unspecified atom stereocenters. The van der Waals surface area contributed by atoms with Gasteiger partial charge in [0.2, 0.25) is 0 Å². The van der Waals surface area contributed by atoms with Crippen LogP contribution in [0.1, 0.15) is 0 Å². The Labute approximate surface area is 225 Å². The number of para-hydroxylation sites is 3. The van der Waals surface area contributed by atoms with Crippen molar-refractivity contribution in [3.05, 3.63) is 140 Å². The van der Waals surface area contributed by atoms with Crippen molar-refractivity contribution in [1.29, 1.82) is 0 Å². The number of nitrogens with zero attached hydrogens (tertiary/aromatic N) is 2. The molecule has 8 rings (SSSR count). The summed E-state index contributed by atoms with van der Waals surface area (Å²) in [6, 6.07) is 47.2. The Morgan fingerprint density at radius 3 is 1.87 bits per heavy atom. The lowest BCUT2D eigenvalue weighted by Crippen LogP contribution is -2.24. The fourth-order valence-corrected chi connectivity index (χ4v) is 8.71. The Morgan fingerprint density at radius 2 is 1.13 bits per heavy atom. The lowest BCUT2D eigenvalue weighted by Gasteiger charge is -2.21. The number of imidazole rings is 1. The first-order valence-electron chi connectivity index (χ1n) is 13.1. The molecule has 6 aromatic carbocycles. The van der Waals surface area contributed by atoms with E-state index in [1.807, 2.05) is 72.8 Å². The highest BCUT2D eigenvalue weighted by Crippen LogP contribution is 2.44. The first-order valence-corrected chi connectivity index (χ1v) is 14.8. The van der Waals surface area contributed by atoms with E-state index in [9.17, 15) is 0 Å². The van der Waals surface area contributed by atoms with Crippen molar-refractivity contribution in [3.8, 4) is 0 Å². The summed E-state index contributed by atoms with van der Waals surface area (Å²) in [6.45, 7) is 0. The van der Waals surface area contributed by atoms with Crippen LogP contribution in [-0.4, -0.2) is 9.38 Å². The Kier molecular flexibility index (Phi) is 4.79. The van der Waals surface area contributed by atoms with E-state index < -0.39 is 7.14 Å². The lowest BCUT2D eigenvalue weighted by molar-refractivity contribution is 0.592. The number of pyridine rings is 1. The minimum Gasteiger partial charge on any atom is -0.309 e. The van der Waals surface area contributed by atoms with E-state index in [1.165, 1.54) is 0 Å².